The minimum absolute atomic E-state index is 0.0373. The Bertz CT molecular complexity index is 631. The number of carboxylic acid groups (broad SMARTS) is 1. The van der Waals surface area contributed by atoms with Crippen molar-refractivity contribution in [1.29, 1.82) is 0 Å². The fourth-order valence-corrected chi connectivity index (χ4v) is 2.22. The van der Waals surface area contributed by atoms with Crippen LogP contribution < -0.4 is 9.47 Å². The minimum Gasteiger partial charge on any atom is -0.493 e. The number of aliphatic carboxylic acids is 1. The summed E-state index contributed by atoms with van der Waals surface area (Å²) in [5.74, 6) is 0.333. The van der Waals surface area contributed by atoms with Gasteiger partial charge >= 0.3 is 5.97 Å². The van der Waals surface area contributed by atoms with Crippen LogP contribution in [0.5, 0.6) is 11.5 Å². The number of methoxy groups -OCH3 is 2. The van der Waals surface area contributed by atoms with Gasteiger partial charge in [0.05, 0.1) is 25.7 Å². The molecule has 0 spiro atoms. The normalized spacial score (nSPS) is 10.2. The third-order valence-electron chi connectivity index (χ3n) is 2.66. The molecule has 0 atom stereocenters. The van der Waals surface area contributed by atoms with Gasteiger partial charge < -0.3 is 14.6 Å². The molecule has 2 rings (SSSR count). The van der Waals surface area contributed by atoms with Crippen LogP contribution in [0.1, 0.15) is 0 Å². The lowest BCUT2D eigenvalue weighted by Crippen LogP contribution is -1.99. The molecule has 7 heteroatoms. The fourth-order valence-electron chi connectivity index (χ4n) is 1.68. The van der Waals surface area contributed by atoms with Crippen molar-refractivity contribution in [1.82, 2.24) is 10.2 Å². The molecular weight excluding hydrogens is 292 g/mol. The Morgan fingerprint density at radius 1 is 1.14 bits per heavy atom. The first-order valence-electron chi connectivity index (χ1n) is 6.04. The summed E-state index contributed by atoms with van der Waals surface area (Å²) in [6.07, 6.45) is 0. The van der Waals surface area contributed by atoms with E-state index in [1.165, 1.54) is 0 Å². The maximum atomic E-state index is 10.5. The first kappa shape index (κ1) is 15.1. The first-order valence-corrected chi connectivity index (χ1v) is 7.03. The van der Waals surface area contributed by atoms with Gasteiger partial charge in [-0.2, -0.15) is 0 Å². The smallest absolute Gasteiger partial charge is 0.313 e. The molecule has 0 aliphatic carbocycles. The van der Waals surface area contributed by atoms with Gasteiger partial charge in [-0.05, 0) is 30.3 Å². The van der Waals surface area contributed by atoms with Crippen LogP contribution in [0.25, 0.3) is 11.3 Å². The first-order chi connectivity index (χ1) is 10.1. The van der Waals surface area contributed by atoms with Crippen LogP contribution in [-0.4, -0.2) is 41.2 Å². The van der Waals surface area contributed by atoms with Gasteiger partial charge in [0.2, 0.25) is 0 Å². The molecule has 0 saturated heterocycles. The average Bonchev–Trinajstić information content (AvgIpc) is 2.52. The Balaban J connectivity index is 2.20. The molecule has 110 valence electrons. The number of nitrogens with zero attached hydrogens (tertiary/aromatic N) is 2. The second-order valence-electron chi connectivity index (χ2n) is 4.01. The lowest BCUT2D eigenvalue weighted by molar-refractivity contribution is -0.133. The van der Waals surface area contributed by atoms with Crippen LogP contribution in [0, 0.1) is 0 Å². The molecule has 21 heavy (non-hydrogen) atoms. The maximum Gasteiger partial charge on any atom is 0.313 e. The number of ether oxygens (including phenoxy) is 2. The summed E-state index contributed by atoms with van der Waals surface area (Å²) in [6.45, 7) is 0. The van der Waals surface area contributed by atoms with Gasteiger partial charge in [-0.15, -0.1) is 10.2 Å². The van der Waals surface area contributed by atoms with Crippen molar-refractivity contribution in [3.8, 4) is 22.8 Å². The molecule has 6 nitrogen and oxygen atoms in total. The monoisotopic (exact) mass is 306 g/mol. The van der Waals surface area contributed by atoms with Gasteiger partial charge in [0.1, 0.15) is 5.03 Å². The van der Waals surface area contributed by atoms with Gasteiger partial charge in [-0.3, -0.25) is 4.79 Å². The Labute approximate surface area is 126 Å². The van der Waals surface area contributed by atoms with Crippen LogP contribution in [-0.2, 0) is 4.79 Å². The topological polar surface area (TPSA) is 81.5 Å². The number of rotatable bonds is 6. The molecule has 1 aromatic heterocycles. The van der Waals surface area contributed by atoms with E-state index in [1.807, 2.05) is 12.1 Å². The van der Waals surface area contributed by atoms with E-state index in [-0.39, 0.29) is 5.75 Å². The van der Waals surface area contributed by atoms with E-state index in [9.17, 15) is 4.79 Å². The highest BCUT2D eigenvalue weighted by Gasteiger charge is 2.08. The lowest BCUT2D eigenvalue weighted by Gasteiger charge is -2.09. The summed E-state index contributed by atoms with van der Waals surface area (Å²) in [4.78, 5) is 10.5. The zero-order valence-corrected chi connectivity index (χ0v) is 12.4. The fraction of sp³-hybridized carbons (Fsp3) is 0.214. The van der Waals surface area contributed by atoms with Gasteiger partial charge in [0.25, 0.3) is 0 Å². The van der Waals surface area contributed by atoms with Gasteiger partial charge in [0.15, 0.2) is 11.5 Å². The molecule has 0 radical (unpaired) electrons. The second-order valence-corrected chi connectivity index (χ2v) is 5.00. The van der Waals surface area contributed by atoms with E-state index in [2.05, 4.69) is 10.2 Å². The maximum absolute atomic E-state index is 10.5. The van der Waals surface area contributed by atoms with Crippen molar-refractivity contribution in [3.05, 3.63) is 30.3 Å². The molecule has 1 heterocycles. The van der Waals surface area contributed by atoms with Crippen LogP contribution >= 0.6 is 11.8 Å². The van der Waals surface area contributed by atoms with Crippen molar-refractivity contribution in [2.45, 2.75) is 5.03 Å². The van der Waals surface area contributed by atoms with E-state index < -0.39 is 5.97 Å². The van der Waals surface area contributed by atoms with E-state index in [4.69, 9.17) is 14.6 Å². The molecule has 0 bridgehead atoms. The summed E-state index contributed by atoms with van der Waals surface area (Å²) >= 11 is 1.13. The number of thioether (sulfide) groups is 1. The summed E-state index contributed by atoms with van der Waals surface area (Å²) in [5.41, 5.74) is 1.52. The van der Waals surface area contributed by atoms with E-state index in [0.29, 0.717) is 22.2 Å². The Morgan fingerprint density at radius 2 is 1.90 bits per heavy atom. The van der Waals surface area contributed by atoms with E-state index in [0.717, 1.165) is 17.3 Å². The van der Waals surface area contributed by atoms with Gasteiger partial charge in [0, 0.05) is 5.56 Å². The predicted molar refractivity (Wildman–Crippen MR) is 78.9 cm³/mol. The predicted octanol–water partition coefficient (Wildman–Crippen LogP) is 2.34. The average molecular weight is 306 g/mol. The Hall–Kier alpha value is -2.28. The van der Waals surface area contributed by atoms with Crippen molar-refractivity contribution >= 4 is 17.7 Å². The molecule has 0 fully saturated rings. The molecule has 2 aromatic rings. The largest absolute Gasteiger partial charge is 0.493 e. The SMILES string of the molecule is COc1ccc(-c2ccc(SCC(=O)O)nn2)cc1OC. The van der Waals surface area contributed by atoms with Gasteiger partial charge in [-0.1, -0.05) is 11.8 Å². The zero-order valence-electron chi connectivity index (χ0n) is 11.6. The van der Waals surface area contributed by atoms with Gasteiger partial charge in [-0.25, -0.2) is 0 Å². The molecule has 0 saturated carbocycles. The summed E-state index contributed by atoms with van der Waals surface area (Å²) in [5, 5.41) is 17.3. The standard InChI is InChI=1S/C14H14N2O4S/c1-19-11-5-3-9(7-12(11)20-2)10-4-6-13(16-15-10)21-8-14(17)18/h3-7H,8H2,1-2H3,(H,17,18). The third-order valence-corrected chi connectivity index (χ3v) is 3.57. The number of carboxylic acids is 1. The molecule has 0 unspecified atom stereocenters. The molecular formula is C14H14N2O4S. The van der Waals surface area contributed by atoms with Crippen LogP contribution in [0.4, 0.5) is 0 Å². The molecule has 0 amide bonds. The molecule has 0 aliphatic rings. The zero-order chi connectivity index (χ0) is 15.2. The van der Waals surface area contributed by atoms with E-state index >= 15 is 0 Å². The van der Waals surface area contributed by atoms with E-state index in [1.54, 1.807) is 32.4 Å². The highest BCUT2D eigenvalue weighted by atomic mass is 32.2. The van der Waals surface area contributed by atoms with Crippen LogP contribution in [0.2, 0.25) is 0 Å². The van der Waals surface area contributed by atoms with Crippen molar-refractivity contribution in [2.75, 3.05) is 20.0 Å². The highest BCUT2D eigenvalue weighted by molar-refractivity contribution is 7.99. The third kappa shape index (κ3) is 3.85. The second kappa shape index (κ2) is 6.94. The highest BCUT2D eigenvalue weighted by Crippen LogP contribution is 2.31. The molecule has 1 aromatic carbocycles. The number of hydrogen-bond donors (Lipinski definition) is 1. The van der Waals surface area contributed by atoms with Crippen LogP contribution in [0.3, 0.4) is 0 Å². The summed E-state index contributed by atoms with van der Waals surface area (Å²) < 4.78 is 10.4. The van der Waals surface area contributed by atoms with Crippen molar-refractivity contribution in [3.63, 3.8) is 0 Å². The van der Waals surface area contributed by atoms with Crippen molar-refractivity contribution < 1.29 is 19.4 Å². The summed E-state index contributed by atoms with van der Waals surface area (Å²) in [7, 11) is 3.14. The molecule has 0 aliphatic heterocycles. The summed E-state index contributed by atoms with van der Waals surface area (Å²) in [6, 6.07) is 9.00. The Morgan fingerprint density at radius 3 is 2.48 bits per heavy atom. The number of carbonyl (C=O) groups is 1. The lowest BCUT2D eigenvalue weighted by atomic mass is 10.1. The van der Waals surface area contributed by atoms with Crippen molar-refractivity contribution in [2.24, 2.45) is 0 Å². The number of aromatic nitrogens is 2. The molecule has 1 N–H and O–H groups in total. The number of benzene rings is 1. The Kier molecular flexibility index (Phi) is 4.99. The van der Waals surface area contributed by atoms with Crippen LogP contribution in [0.15, 0.2) is 35.4 Å². The minimum atomic E-state index is -0.884. The number of hydrogen-bond acceptors (Lipinski definition) is 6. The quantitative estimate of drug-likeness (QED) is 0.820.